The number of aliphatic imine (C=N–C) groups is 1. The summed E-state index contributed by atoms with van der Waals surface area (Å²) in [7, 11) is 5.01. The van der Waals surface area contributed by atoms with E-state index in [1.807, 2.05) is 18.2 Å². The molecule has 0 bridgehead atoms. The minimum atomic E-state index is 0.529. The molecule has 2 rings (SSSR count). The minimum absolute atomic E-state index is 0.529. The normalized spacial score (nSPS) is 17.3. The van der Waals surface area contributed by atoms with Crippen molar-refractivity contribution in [1.29, 1.82) is 0 Å². The zero-order valence-electron chi connectivity index (χ0n) is 17.0. The summed E-state index contributed by atoms with van der Waals surface area (Å²) in [6.45, 7) is 7.49. The van der Waals surface area contributed by atoms with Crippen LogP contribution < -0.4 is 14.8 Å². The molecule has 1 aromatic rings. The number of rotatable bonds is 10. The van der Waals surface area contributed by atoms with Gasteiger partial charge in [0, 0.05) is 44.3 Å². The van der Waals surface area contributed by atoms with Crippen molar-refractivity contribution in [1.82, 2.24) is 10.2 Å². The Hall–Kier alpha value is -1.99. The second-order valence-corrected chi connectivity index (χ2v) is 6.52. The number of guanidine groups is 1. The summed E-state index contributed by atoms with van der Waals surface area (Å²) in [5, 5.41) is 3.40. The number of likely N-dealkylation sites (tertiary alicyclic amines) is 1. The molecule has 0 amide bonds. The largest absolute Gasteiger partial charge is 0.497 e. The molecular weight excluding hydrogens is 346 g/mol. The van der Waals surface area contributed by atoms with E-state index in [4.69, 9.17) is 23.9 Å². The summed E-state index contributed by atoms with van der Waals surface area (Å²) < 4.78 is 21.4. The van der Waals surface area contributed by atoms with Gasteiger partial charge in [-0.05, 0) is 25.5 Å². The summed E-state index contributed by atoms with van der Waals surface area (Å²) in [6.07, 6.45) is 1.11. The van der Waals surface area contributed by atoms with E-state index < -0.39 is 0 Å². The Morgan fingerprint density at radius 2 is 2.07 bits per heavy atom. The van der Waals surface area contributed by atoms with Gasteiger partial charge in [-0.3, -0.25) is 0 Å². The van der Waals surface area contributed by atoms with Crippen molar-refractivity contribution < 1.29 is 18.9 Å². The quantitative estimate of drug-likeness (QED) is 0.382. The summed E-state index contributed by atoms with van der Waals surface area (Å²) in [6, 6.07) is 5.83. The number of benzene rings is 1. The van der Waals surface area contributed by atoms with Crippen LogP contribution in [0.25, 0.3) is 0 Å². The topological polar surface area (TPSA) is 64.6 Å². The van der Waals surface area contributed by atoms with Crippen LogP contribution in [-0.4, -0.2) is 71.6 Å². The molecule has 1 unspecified atom stereocenters. The highest BCUT2D eigenvalue weighted by Gasteiger charge is 2.25. The van der Waals surface area contributed by atoms with E-state index in [0.29, 0.717) is 25.7 Å². The zero-order chi connectivity index (χ0) is 19.5. The third kappa shape index (κ3) is 6.59. The summed E-state index contributed by atoms with van der Waals surface area (Å²) in [5.41, 5.74) is 1.03. The van der Waals surface area contributed by atoms with Crippen LogP contribution in [0.15, 0.2) is 23.2 Å². The Morgan fingerprint density at radius 3 is 2.78 bits per heavy atom. The second-order valence-electron chi connectivity index (χ2n) is 6.52. The maximum atomic E-state index is 5.69. The van der Waals surface area contributed by atoms with E-state index in [1.165, 1.54) is 0 Å². The van der Waals surface area contributed by atoms with Crippen LogP contribution in [0.2, 0.25) is 0 Å². The minimum Gasteiger partial charge on any atom is -0.497 e. The highest BCUT2D eigenvalue weighted by atomic mass is 16.5. The van der Waals surface area contributed by atoms with Crippen molar-refractivity contribution in [2.24, 2.45) is 10.9 Å². The fourth-order valence-electron chi connectivity index (χ4n) is 3.12. The first kappa shape index (κ1) is 21.3. The van der Waals surface area contributed by atoms with E-state index in [2.05, 4.69) is 17.1 Å². The van der Waals surface area contributed by atoms with Gasteiger partial charge in [-0.1, -0.05) is 0 Å². The van der Waals surface area contributed by atoms with Crippen LogP contribution in [0.3, 0.4) is 0 Å². The molecule has 1 aliphatic rings. The van der Waals surface area contributed by atoms with Crippen LogP contribution in [0.1, 0.15) is 18.9 Å². The highest BCUT2D eigenvalue weighted by molar-refractivity contribution is 5.80. The molecule has 0 aromatic heterocycles. The van der Waals surface area contributed by atoms with E-state index in [-0.39, 0.29) is 0 Å². The molecule has 152 valence electrons. The van der Waals surface area contributed by atoms with Crippen LogP contribution >= 0.6 is 0 Å². The van der Waals surface area contributed by atoms with Gasteiger partial charge < -0.3 is 29.2 Å². The number of hydrogen-bond donors (Lipinski definition) is 1. The lowest BCUT2D eigenvalue weighted by Gasteiger charge is -2.22. The summed E-state index contributed by atoms with van der Waals surface area (Å²) in [5.74, 6) is 3.04. The fraction of sp³-hybridized carbons (Fsp3) is 0.650. The van der Waals surface area contributed by atoms with Crippen molar-refractivity contribution in [2.45, 2.75) is 19.9 Å². The summed E-state index contributed by atoms with van der Waals surface area (Å²) in [4.78, 5) is 7.13. The van der Waals surface area contributed by atoms with Crippen molar-refractivity contribution in [3.63, 3.8) is 0 Å². The Morgan fingerprint density at radius 1 is 1.22 bits per heavy atom. The molecule has 0 radical (unpaired) electrons. The van der Waals surface area contributed by atoms with Gasteiger partial charge in [0.15, 0.2) is 5.96 Å². The smallest absolute Gasteiger partial charge is 0.194 e. The van der Waals surface area contributed by atoms with Gasteiger partial charge in [0.05, 0.1) is 40.6 Å². The van der Waals surface area contributed by atoms with Crippen LogP contribution in [0.4, 0.5) is 0 Å². The van der Waals surface area contributed by atoms with Crippen LogP contribution in [0, 0.1) is 5.92 Å². The van der Waals surface area contributed by atoms with Crippen molar-refractivity contribution in [3.8, 4) is 11.5 Å². The molecule has 0 spiro atoms. The predicted octanol–water partition coefficient (Wildman–Crippen LogP) is 2.15. The second kappa shape index (κ2) is 11.7. The third-order valence-corrected chi connectivity index (χ3v) is 4.60. The van der Waals surface area contributed by atoms with E-state index in [0.717, 1.165) is 55.7 Å². The monoisotopic (exact) mass is 379 g/mol. The Balaban J connectivity index is 1.96. The highest BCUT2D eigenvalue weighted by Crippen LogP contribution is 2.25. The summed E-state index contributed by atoms with van der Waals surface area (Å²) >= 11 is 0. The molecule has 1 atom stereocenters. The van der Waals surface area contributed by atoms with Gasteiger partial charge in [0.25, 0.3) is 0 Å². The van der Waals surface area contributed by atoms with Crippen molar-refractivity contribution >= 4 is 5.96 Å². The number of nitrogens with one attached hydrogen (secondary N) is 1. The lowest BCUT2D eigenvalue weighted by atomic mass is 10.1. The number of nitrogens with zero attached hydrogens (tertiary/aromatic N) is 2. The van der Waals surface area contributed by atoms with Gasteiger partial charge in [-0.25, -0.2) is 4.99 Å². The molecule has 1 aliphatic heterocycles. The van der Waals surface area contributed by atoms with Crippen molar-refractivity contribution in [2.75, 3.05) is 60.8 Å². The first-order valence-electron chi connectivity index (χ1n) is 9.52. The first-order chi connectivity index (χ1) is 13.2. The van der Waals surface area contributed by atoms with Gasteiger partial charge in [-0.2, -0.15) is 0 Å². The zero-order valence-corrected chi connectivity index (χ0v) is 17.0. The molecule has 0 saturated carbocycles. The standard InChI is InChI=1S/C20H33N3O4/c1-5-21-20(23-9-8-16(14-23)15-27-11-10-24-2)22-13-17-6-7-18(25-3)12-19(17)26-4/h6-7,12,16H,5,8-11,13-15H2,1-4H3,(H,21,22). The van der Waals surface area contributed by atoms with Crippen LogP contribution in [0.5, 0.6) is 11.5 Å². The molecule has 7 nitrogen and oxygen atoms in total. The van der Waals surface area contributed by atoms with E-state index in [9.17, 15) is 0 Å². The maximum absolute atomic E-state index is 5.69. The lowest BCUT2D eigenvalue weighted by molar-refractivity contribution is 0.0536. The lowest BCUT2D eigenvalue weighted by Crippen LogP contribution is -2.40. The molecular formula is C20H33N3O4. The van der Waals surface area contributed by atoms with E-state index in [1.54, 1.807) is 21.3 Å². The first-order valence-corrected chi connectivity index (χ1v) is 9.52. The molecule has 1 saturated heterocycles. The number of methoxy groups -OCH3 is 3. The van der Waals surface area contributed by atoms with Crippen LogP contribution in [-0.2, 0) is 16.0 Å². The fourth-order valence-corrected chi connectivity index (χ4v) is 3.12. The Kier molecular flexibility index (Phi) is 9.21. The SMILES string of the molecule is CCNC(=NCc1ccc(OC)cc1OC)N1CCC(COCCOC)C1. The average Bonchev–Trinajstić information content (AvgIpc) is 3.17. The van der Waals surface area contributed by atoms with E-state index >= 15 is 0 Å². The Labute approximate surface area is 162 Å². The van der Waals surface area contributed by atoms with Gasteiger partial charge in [-0.15, -0.1) is 0 Å². The molecule has 27 heavy (non-hydrogen) atoms. The molecule has 1 aromatic carbocycles. The number of hydrogen-bond acceptors (Lipinski definition) is 5. The number of ether oxygens (including phenoxy) is 4. The van der Waals surface area contributed by atoms with Crippen molar-refractivity contribution in [3.05, 3.63) is 23.8 Å². The molecule has 0 aliphatic carbocycles. The third-order valence-electron chi connectivity index (χ3n) is 4.60. The molecule has 1 N–H and O–H groups in total. The molecule has 1 heterocycles. The molecule has 1 fully saturated rings. The van der Waals surface area contributed by atoms with Gasteiger partial charge >= 0.3 is 0 Å². The molecule has 7 heteroatoms. The maximum Gasteiger partial charge on any atom is 0.194 e. The Bertz CT molecular complexity index is 595. The van der Waals surface area contributed by atoms with Gasteiger partial charge in [0.2, 0.25) is 0 Å². The predicted molar refractivity (Wildman–Crippen MR) is 107 cm³/mol. The average molecular weight is 380 g/mol. The van der Waals surface area contributed by atoms with Gasteiger partial charge in [0.1, 0.15) is 11.5 Å².